The largest absolute Gasteiger partial charge is 0.480 e. The molecular weight excluding hydrogens is 254 g/mol. The molecule has 2 heterocycles. The average molecular weight is 273 g/mol. The number of piperidine rings is 1. The number of hydrogen-bond acceptors (Lipinski definition) is 4. The van der Waals surface area contributed by atoms with Crippen molar-refractivity contribution < 1.29 is 14.7 Å². The zero-order valence-electron chi connectivity index (χ0n) is 10.5. The summed E-state index contributed by atoms with van der Waals surface area (Å²) in [6, 6.07) is -0.791. The highest BCUT2D eigenvalue weighted by molar-refractivity contribution is 7.99. The van der Waals surface area contributed by atoms with Crippen LogP contribution in [0, 0.1) is 0 Å². The van der Waals surface area contributed by atoms with E-state index < -0.39 is 12.0 Å². The number of carbonyl (C=O) groups excluding carboxylic acids is 1. The molecule has 0 aliphatic carbocycles. The Bertz CT molecular complexity index is 339. The van der Waals surface area contributed by atoms with E-state index in [0.29, 0.717) is 11.6 Å². The maximum Gasteiger partial charge on any atom is 0.327 e. The number of urea groups is 1. The van der Waals surface area contributed by atoms with E-state index in [4.69, 9.17) is 5.11 Å². The molecule has 2 aliphatic heterocycles. The minimum atomic E-state index is -0.920. The molecule has 0 aromatic heterocycles. The van der Waals surface area contributed by atoms with Gasteiger partial charge in [0.15, 0.2) is 0 Å². The van der Waals surface area contributed by atoms with Crippen LogP contribution in [-0.2, 0) is 4.79 Å². The number of rotatable bonds is 2. The van der Waals surface area contributed by atoms with Crippen LogP contribution in [0.4, 0.5) is 4.79 Å². The molecule has 0 aromatic rings. The highest BCUT2D eigenvalue weighted by Crippen LogP contribution is 2.21. The van der Waals surface area contributed by atoms with Gasteiger partial charge >= 0.3 is 12.0 Å². The molecular formula is C11H19N3O3S. The monoisotopic (exact) mass is 273 g/mol. The fraction of sp³-hybridized carbons (Fsp3) is 0.818. The average Bonchev–Trinajstić information content (AvgIpc) is 2.77. The van der Waals surface area contributed by atoms with E-state index in [0.717, 1.165) is 25.9 Å². The summed E-state index contributed by atoms with van der Waals surface area (Å²) in [6.07, 6.45) is 2.04. The third-order valence-corrected chi connectivity index (χ3v) is 4.39. The molecule has 6 nitrogen and oxygen atoms in total. The zero-order valence-corrected chi connectivity index (χ0v) is 11.3. The normalized spacial score (nSPS) is 29.3. The number of hydrogen-bond donors (Lipinski definition) is 2. The molecule has 2 fully saturated rings. The molecule has 2 rings (SSSR count). The van der Waals surface area contributed by atoms with Crippen molar-refractivity contribution in [1.82, 2.24) is 15.1 Å². The highest BCUT2D eigenvalue weighted by Gasteiger charge is 2.35. The Hall–Kier alpha value is -0.950. The van der Waals surface area contributed by atoms with Crippen LogP contribution in [0.5, 0.6) is 0 Å². The summed E-state index contributed by atoms with van der Waals surface area (Å²) < 4.78 is 0. The number of carboxylic acids is 1. The molecule has 2 saturated heterocycles. The first kappa shape index (κ1) is 13.5. The first-order valence-corrected chi connectivity index (χ1v) is 7.29. The Kier molecular flexibility index (Phi) is 4.34. The van der Waals surface area contributed by atoms with Crippen molar-refractivity contribution in [3.8, 4) is 0 Å². The van der Waals surface area contributed by atoms with E-state index >= 15 is 0 Å². The van der Waals surface area contributed by atoms with Gasteiger partial charge in [0.25, 0.3) is 0 Å². The molecule has 7 heteroatoms. The predicted octanol–water partition coefficient (Wildman–Crippen LogP) is 0.250. The van der Waals surface area contributed by atoms with E-state index in [1.807, 2.05) is 7.05 Å². The molecule has 2 atom stereocenters. The van der Waals surface area contributed by atoms with Gasteiger partial charge in [0.1, 0.15) is 6.04 Å². The van der Waals surface area contributed by atoms with E-state index in [1.165, 1.54) is 16.7 Å². The number of nitrogens with zero attached hydrogens (tertiary/aromatic N) is 2. The first-order valence-electron chi connectivity index (χ1n) is 6.14. The van der Waals surface area contributed by atoms with Gasteiger partial charge in [-0.3, -0.25) is 0 Å². The van der Waals surface area contributed by atoms with Gasteiger partial charge in [-0.2, -0.15) is 0 Å². The van der Waals surface area contributed by atoms with Crippen LogP contribution in [0.3, 0.4) is 0 Å². The molecule has 0 aromatic carbocycles. The number of likely N-dealkylation sites (N-methyl/N-ethyl adjacent to an activating group) is 1. The molecule has 0 radical (unpaired) electrons. The maximum atomic E-state index is 12.1. The number of aliphatic carboxylic acids is 1. The Morgan fingerprint density at radius 3 is 2.89 bits per heavy atom. The van der Waals surface area contributed by atoms with E-state index in [1.54, 1.807) is 0 Å². The lowest BCUT2D eigenvalue weighted by atomic mass is 10.1. The second-order valence-corrected chi connectivity index (χ2v) is 5.87. The summed E-state index contributed by atoms with van der Waals surface area (Å²) in [5.41, 5.74) is 0. The summed E-state index contributed by atoms with van der Waals surface area (Å²) in [5, 5.41) is 12.0. The van der Waals surface area contributed by atoms with Crippen molar-refractivity contribution in [2.45, 2.75) is 24.9 Å². The van der Waals surface area contributed by atoms with Gasteiger partial charge in [-0.25, -0.2) is 9.59 Å². The third kappa shape index (κ3) is 3.08. The van der Waals surface area contributed by atoms with Crippen LogP contribution in [-0.4, -0.2) is 70.8 Å². The topological polar surface area (TPSA) is 72.9 Å². The van der Waals surface area contributed by atoms with Gasteiger partial charge in [0.2, 0.25) is 0 Å². The van der Waals surface area contributed by atoms with E-state index in [9.17, 15) is 9.59 Å². The highest BCUT2D eigenvalue weighted by atomic mass is 32.2. The molecule has 0 saturated carbocycles. The lowest BCUT2D eigenvalue weighted by molar-refractivity contribution is -0.140. The van der Waals surface area contributed by atoms with Crippen molar-refractivity contribution in [2.24, 2.45) is 0 Å². The van der Waals surface area contributed by atoms with Crippen molar-refractivity contribution in [2.75, 3.05) is 31.8 Å². The number of likely N-dealkylation sites (tertiary alicyclic amines) is 1. The second kappa shape index (κ2) is 5.79. The fourth-order valence-corrected chi connectivity index (χ4v) is 3.53. The van der Waals surface area contributed by atoms with Crippen LogP contribution in [0.25, 0.3) is 0 Å². The van der Waals surface area contributed by atoms with Gasteiger partial charge < -0.3 is 20.2 Å². The SMILES string of the molecule is CN1CCCC(NC(=O)N2CSC[C@H]2C(=O)O)C1. The number of thioether (sulfide) groups is 1. The minimum absolute atomic E-state index is 0.135. The standard InChI is InChI=1S/C11H19N3O3S/c1-13-4-2-3-8(5-13)12-11(17)14-7-18-6-9(14)10(15)16/h8-9H,2-7H2,1H3,(H,12,17)(H,15,16)/t8?,9-/m0/s1. The Labute approximate surface area is 111 Å². The summed E-state index contributed by atoms with van der Waals surface area (Å²) in [5.74, 6) is 0.0227. The van der Waals surface area contributed by atoms with Gasteiger partial charge in [-0.15, -0.1) is 11.8 Å². The lowest BCUT2D eigenvalue weighted by Crippen LogP contribution is -2.53. The van der Waals surface area contributed by atoms with Gasteiger partial charge in [0, 0.05) is 18.3 Å². The fourth-order valence-electron chi connectivity index (χ4n) is 2.39. The maximum absolute atomic E-state index is 12.1. The zero-order chi connectivity index (χ0) is 13.1. The second-order valence-electron chi connectivity index (χ2n) is 4.87. The Balaban J connectivity index is 1.89. The lowest BCUT2D eigenvalue weighted by Gasteiger charge is -2.32. The molecule has 2 amide bonds. The Morgan fingerprint density at radius 2 is 2.22 bits per heavy atom. The smallest absolute Gasteiger partial charge is 0.327 e. The molecule has 2 aliphatic rings. The molecule has 0 bridgehead atoms. The molecule has 1 unspecified atom stereocenters. The number of carboxylic acid groups (broad SMARTS) is 1. The number of nitrogens with one attached hydrogen (secondary N) is 1. The van der Waals surface area contributed by atoms with Crippen molar-refractivity contribution >= 4 is 23.8 Å². The van der Waals surface area contributed by atoms with E-state index in [-0.39, 0.29) is 12.1 Å². The third-order valence-electron chi connectivity index (χ3n) is 3.38. The van der Waals surface area contributed by atoms with Gasteiger partial charge in [-0.05, 0) is 26.4 Å². The summed E-state index contributed by atoms with van der Waals surface area (Å²) in [7, 11) is 2.03. The summed E-state index contributed by atoms with van der Waals surface area (Å²) >= 11 is 1.48. The van der Waals surface area contributed by atoms with E-state index in [2.05, 4.69) is 10.2 Å². The van der Waals surface area contributed by atoms with Crippen LogP contribution < -0.4 is 5.32 Å². The predicted molar refractivity (Wildman–Crippen MR) is 69.6 cm³/mol. The van der Waals surface area contributed by atoms with Gasteiger partial charge in [0.05, 0.1) is 5.88 Å². The quantitative estimate of drug-likeness (QED) is 0.754. The van der Waals surface area contributed by atoms with Crippen molar-refractivity contribution in [1.29, 1.82) is 0 Å². The van der Waals surface area contributed by atoms with Gasteiger partial charge in [-0.1, -0.05) is 0 Å². The minimum Gasteiger partial charge on any atom is -0.480 e. The van der Waals surface area contributed by atoms with Crippen LogP contribution >= 0.6 is 11.8 Å². The molecule has 102 valence electrons. The van der Waals surface area contributed by atoms with Crippen LogP contribution in [0.2, 0.25) is 0 Å². The van der Waals surface area contributed by atoms with Crippen LogP contribution in [0.1, 0.15) is 12.8 Å². The summed E-state index contributed by atoms with van der Waals surface area (Å²) in [6.45, 7) is 1.90. The van der Waals surface area contributed by atoms with Crippen LogP contribution in [0.15, 0.2) is 0 Å². The molecule has 2 N–H and O–H groups in total. The first-order chi connectivity index (χ1) is 8.58. The molecule has 0 spiro atoms. The Morgan fingerprint density at radius 1 is 1.44 bits per heavy atom. The van der Waals surface area contributed by atoms with Crippen molar-refractivity contribution in [3.63, 3.8) is 0 Å². The molecule has 18 heavy (non-hydrogen) atoms. The summed E-state index contributed by atoms with van der Waals surface area (Å²) in [4.78, 5) is 26.7. The van der Waals surface area contributed by atoms with Crippen molar-refractivity contribution in [3.05, 3.63) is 0 Å². The number of amides is 2. The number of carbonyl (C=O) groups is 2.